The van der Waals surface area contributed by atoms with E-state index < -0.39 is 37.2 Å². The Labute approximate surface area is 346 Å². The quantitative estimate of drug-likeness (QED) is 0.0459. The van der Waals surface area contributed by atoms with Crippen LogP contribution in [0.15, 0.2) is 0 Å². The highest BCUT2D eigenvalue weighted by Crippen LogP contribution is 2.26. The maximum absolute atomic E-state index is 14.0. The van der Waals surface area contributed by atoms with E-state index in [0.29, 0.717) is 19.4 Å². The van der Waals surface area contributed by atoms with Gasteiger partial charge in [0.25, 0.3) is 0 Å². The SMILES string of the molecule is CCCCCCCCCCCCCCCCCC(=O)N(CCCCCCCCCCCC)[C@@H]1O[C@H](CO)[C@@H](O)[C@H](O)[C@@H]1NC(=O)CCCCCCCCCCC. The van der Waals surface area contributed by atoms with Crippen LogP contribution in [0.25, 0.3) is 0 Å². The number of nitrogens with zero attached hydrogens (tertiary/aromatic N) is 1. The van der Waals surface area contributed by atoms with Crippen molar-refractivity contribution in [1.29, 1.82) is 0 Å². The monoisotopic (exact) mass is 795 g/mol. The van der Waals surface area contributed by atoms with Crippen LogP contribution < -0.4 is 5.32 Å². The number of hydrogen-bond donors (Lipinski definition) is 4. The van der Waals surface area contributed by atoms with Gasteiger partial charge in [-0.05, 0) is 19.3 Å². The average molecular weight is 795 g/mol. The largest absolute Gasteiger partial charge is 0.394 e. The molecule has 0 saturated carbocycles. The zero-order valence-electron chi connectivity index (χ0n) is 37.3. The van der Waals surface area contributed by atoms with Crippen LogP contribution in [0.3, 0.4) is 0 Å². The Hall–Kier alpha value is -1.22. The van der Waals surface area contributed by atoms with E-state index in [9.17, 15) is 24.9 Å². The molecule has 0 spiro atoms. The molecule has 1 fully saturated rings. The van der Waals surface area contributed by atoms with E-state index in [4.69, 9.17) is 4.74 Å². The Balaban J connectivity index is 2.69. The molecule has 5 atom stereocenters. The van der Waals surface area contributed by atoms with E-state index in [1.165, 1.54) is 161 Å². The average Bonchev–Trinajstić information content (AvgIpc) is 3.20. The maximum Gasteiger partial charge on any atom is 0.224 e. The Bertz CT molecular complexity index is 890. The minimum atomic E-state index is -1.36. The van der Waals surface area contributed by atoms with E-state index >= 15 is 0 Å². The van der Waals surface area contributed by atoms with Crippen molar-refractivity contribution < 1.29 is 29.6 Å². The smallest absolute Gasteiger partial charge is 0.224 e. The third kappa shape index (κ3) is 26.7. The predicted molar refractivity (Wildman–Crippen MR) is 235 cm³/mol. The third-order valence-electron chi connectivity index (χ3n) is 12.1. The number of carbonyl (C=O) groups excluding carboxylic acids is 2. The summed E-state index contributed by atoms with van der Waals surface area (Å²) in [5.74, 6) is -0.243. The van der Waals surface area contributed by atoms with Crippen molar-refractivity contribution >= 4 is 11.8 Å². The van der Waals surface area contributed by atoms with Gasteiger partial charge in [0.05, 0.1) is 6.61 Å². The van der Waals surface area contributed by atoms with Crippen LogP contribution in [0, 0.1) is 0 Å². The number of ether oxygens (including phenoxy) is 1. The van der Waals surface area contributed by atoms with Gasteiger partial charge in [0.2, 0.25) is 11.8 Å². The molecule has 1 heterocycles. The summed E-state index contributed by atoms with van der Waals surface area (Å²) in [4.78, 5) is 28.9. The number of carbonyl (C=O) groups is 2. The van der Waals surface area contributed by atoms with Gasteiger partial charge in [-0.1, -0.05) is 220 Å². The third-order valence-corrected chi connectivity index (χ3v) is 12.1. The molecule has 0 aromatic heterocycles. The molecule has 4 N–H and O–H groups in total. The lowest BCUT2D eigenvalue weighted by molar-refractivity contribution is -0.231. The minimum Gasteiger partial charge on any atom is -0.394 e. The Morgan fingerprint density at radius 3 is 1.20 bits per heavy atom. The fraction of sp³-hybridized carbons (Fsp3) is 0.958. The van der Waals surface area contributed by atoms with E-state index in [1.807, 2.05) is 0 Å². The first kappa shape index (κ1) is 52.8. The molecule has 0 unspecified atom stereocenters. The first-order valence-electron chi connectivity index (χ1n) is 24.6. The summed E-state index contributed by atoms with van der Waals surface area (Å²) >= 11 is 0. The lowest BCUT2D eigenvalue weighted by Crippen LogP contribution is -2.68. The molecule has 1 rings (SSSR count). The van der Waals surface area contributed by atoms with Crippen LogP contribution in [-0.4, -0.2) is 75.8 Å². The number of amides is 2. The fourth-order valence-electron chi connectivity index (χ4n) is 8.33. The topological polar surface area (TPSA) is 119 Å². The number of aliphatic hydroxyl groups is 3. The van der Waals surface area contributed by atoms with Crippen molar-refractivity contribution in [2.24, 2.45) is 0 Å². The molecule has 1 aliphatic heterocycles. The molecule has 0 aromatic carbocycles. The second-order valence-corrected chi connectivity index (χ2v) is 17.4. The van der Waals surface area contributed by atoms with E-state index in [1.54, 1.807) is 4.90 Å². The van der Waals surface area contributed by atoms with Crippen LogP contribution >= 0.6 is 0 Å². The van der Waals surface area contributed by atoms with Crippen LogP contribution in [0.5, 0.6) is 0 Å². The van der Waals surface area contributed by atoms with Crippen LogP contribution in [0.2, 0.25) is 0 Å². The van der Waals surface area contributed by atoms with Crippen molar-refractivity contribution in [3.8, 4) is 0 Å². The molecule has 56 heavy (non-hydrogen) atoms. The Kier molecular flexibility index (Phi) is 35.8. The molecule has 2 amide bonds. The summed E-state index contributed by atoms with van der Waals surface area (Å²) < 4.78 is 6.21. The van der Waals surface area contributed by atoms with Crippen molar-refractivity contribution in [2.45, 2.75) is 283 Å². The summed E-state index contributed by atoms with van der Waals surface area (Å²) in [7, 11) is 0. The van der Waals surface area contributed by atoms with Crippen LogP contribution in [0.4, 0.5) is 0 Å². The van der Waals surface area contributed by atoms with Gasteiger partial charge in [-0.25, -0.2) is 0 Å². The van der Waals surface area contributed by atoms with E-state index in [0.717, 1.165) is 57.8 Å². The summed E-state index contributed by atoms with van der Waals surface area (Å²) in [6.07, 6.45) is 37.2. The first-order valence-corrected chi connectivity index (χ1v) is 24.6. The molecule has 8 heteroatoms. The van der Waals surface area contributed by atoms with Crippen molar-refractivity contribution in [1.82, 2.24) is 10.2 Å². The fourth-order valence-corrected chi connectivity index (χ4v) is 8.33. The Morgan fingerprint density at radius 2 is 0.821 bits per heavy atom. The summed E-state index contributed by atoms with van der Waals surface area (Å²) in [5, 5.41) is 35.2. The van der Waals surface area contributed by atoms with Gasteiger partial charge in [-0.15, -0.1) is 0 Å². The number of hydrogen-bond acceptors (Lipinski definition) is 6. The Morgan fingerprint density at radius 1 is 0.482 bits per heavy atom. The highest BCUT2D eigenvalue weighted by molar-refractivity contribution is 5.78. The molecule has 0 radical (unpaired) electrons. The van der Waals surface area contributed by atoms with Gasteiger partial charge < -0.3 is 30.3 Å². The molecule has 1 aliphatic rings. The highest BCUT2D eigenvalue weighted by atomic mass is 16.5. The summed E-state index contributed by atoms with van der Waals surface area (Å²) in [5.41, 5.74) is 0. The lowest BCUT2D eigenvalue weighted by Gasteiger charge is -2.47. The standard InChI is InChI=1S/C48H94N2O6/c1-4-7-10-13-16-19-21-22-23-24-25-27-30-33-36-39-44(53)50(40-37-34-31-28-20-17-14-11-8-5-2)48-45(47(55)46(54)42(41-51)56-48)49-43(52)38-35-32-29-26-18-15-12-9-6-3/h42,45-48,51,54-55H,4-41H2,1-3H3,(H,49,52)/t42-,45+,46-,47-,48-/m1/s1. The number of nitrogens with one attached hydrogen (secondary N) is 1. The highest BCUT2D eigenvalue weighted by Gasteiger charge is 2.48. The first-order chi connectivity index (χ1) is 27.4. The lowest BCUT2D eigenvalue weighted by atomic mass is 9.94. The zero-order chi connectivity index (χ0) is 40.9. The molecular formula is C48H94N2O6. The molecule has 8 nitrogen and oxygen atoms in total. The predicted octanol–water partition coefficient (Wildman–Crippen LogP) is 11.8. The number of rotatable bonds is 40. The molecule has 332 valence electrons. The van der Waals surface area contributed by atoms with Crippen LogP contribution in [0.1, 0.15) is 252 Å². The van der Waals surface area contributed by atoms with Crippen molar-refractivity contribution in [3.63, 3.8) is 0 Å². The minimum absolute atomic E-state index is 0.0425. The molecule has 0 aliphatic carbocycles. The zero-order valence-corrected chi connectivity index (χ0v) is 37.3. The van der Waals surface area contributed by atoms with E-state index in [-0.39, 0.29) is 11.8 Å². The van der Waals surface area contributed by atoms with Crippen LogP contribution in [-0.2, 0) is 14.3 Å². The number of unbranched alkanes of at least 4 members (excludes halogenated alkanes) is 31. The second kappa shape index (κ2) is 38.0. The molecule has 0 bridgehead atoms. The van der Waals surface area contributed by atoms with E-state index in [2.05, 4.69) is 26.1 Å². The van der Waals surface area contributed by atoms with Gasteiger partial charge in [0, 0.05) is 19.4 Å². The second-order valence-electron chi connectivity index (χ2n) is 17.4. The summed E-state index contributed by atoms with van der Waals surface area (Å²) in [6, 6.07) is -0.966. The normalized spacial score (nSPS) is 19.7. The summed E-state index contributed by atoms with van der Waals surface area (Å²) in [6.45, 7) is 6.73. The number of aliphatic hydroxyl groups excluding tert-OH is 3. The van der Waals surface area contributed by atoms with Gasteiger partial charge in [-0.3, -0.25) is 9.59 Å². The van der Waals surface area contributed by atoms with Gasteiger partial charge in [0.15, 0.2) is 6.23 Å². The van der Waals surface area contributed by atoms with Crippen molar-refractivity contribution in [2.75, 3.05) is 13.2 Å². The van der Waals surface area contributed by atoms with Crippen molar-refractivity contribution in [3.05, 3.63) is 0 Å². The van der Waals surface area contributed by atoms with Gasteiger partial charge >= 0.3 is 0 Å². The van der Waals surface area contributed by atoms with Gasteiger partial charge in [0.1, 0.15) is 24.4 Å². The molecule has 0 aromatic rings. The van der Waals surface area contributed by atoms with Gasteiger partial charge in [-0.2, -0.15) is 0 Å². The maximum atomic E-state index is 14.0. The molecule has 1 saturated heterocycles. The molecular weight excluding hydrogens is 701 g/mol.